The Morgan fingerprint density at radius 3 is 2.47 bits per heavy atom. The van der Waals surface area contributed by atoms with Crippen LogP contribution in [-0.4, -0.2) is 56.3 Å². The zero-order valence-electron chi connectivity index (χ0n) is 17.2. The van der Waals surface area contributed by atoms with Gasteiger partial charge < -0.3 is 14.7 Å². The van der Waals surface area contributed by atoms with Gasteiger partial charge in [-0.2, -0.15) is 0 Å². The number of carbonyl (C=O) groups excluding carboxylic acids is 1. The maximum atomic E-state index is 13.3. The van der Waals surface area contributed by atoms with Crippen LogP contribution in [0.3, 0.4) is 0 Å². The Morgan fingerprint density at radius 2 is 1.73 bits per heavy atom. The normalized spacial score (nSPS) is 19.6. The lowest BCUT2D eigenvalue weighted by Gasteiger charge is -2.35. The van der Waals surface area contributed by atoms with Gasteiger partial charge in [-0.1, -0.05) is 34.8 Å². The molecule has 2 aromatic carbocycles. The van der Waals surface area contributed by atoms with Gasteiger partial charge in [-0.15, -0.1) is 11.8 Å². The molecule has 0 aromatic heterocycles. The lowest BCUT2D eigenvalue weighted by molar-refractivity contribution is -0.114. The summed E-state index contributed by atoms with van der Waals surface area (Å²) in [5.41, 5.74) is 4.27. The molecule has 0 spiro atoms. The molecule has 4 nitrogen and oxygen atoms in total. The molecule has 30 heavy (non-hydrogen) atoms. The number of anilines is 2. The topological polar surface area (TPSA) is 26.8 Å². The molecule has 7 heteroatoms. The van der Waals surface area contributed by atoms with Crippen LogP contribution >= 0.6 is 35.0 Å². The van der Waals surface area contributed by atoms with Crippen molar-refractivity contribution in [2.45, 2.75) is 6.92 Å². The fraction of sp³-hybridized carbons (Fsp3) is 0.348. The largest absolute Gasteiger partial charge is 0.368 e. The smallest absolute Gasteiger partial charge is 0.264 e. The number of hydrogen-bond donors (Lipinski definition) is 0. The first-order valence-electron chi connectivity index (χ1n) is 10.1. The van der Waals surface area contributed by atoms with Gasteiger partial charge in [0.2, 0.25) is 0 Å². The predicted molar refractivity (Wildman–Crippen MR) is 130 cm³/mol. The number of rotatable bonds is 3. The highest BCUT2D eigenvalue weighted by atomic mass is 35.5. The summed E-state index contributed by atoms with van der Waals surface area (Å²) in [6.45, 7) is 6.81. The van der Waals surface area contributed by atoms with Crippen LogP contribution in [0.5, 0.6) is 0 Å². The highest BCUT2D eigenvalue weighted by Crippen LogP contribution is 2.34. The lowest BCUT2D eigenvalue weighted by atomic mass is 10.1. The molecule has 0 atom stereocenters. The first-order valence-corrected chi connectivity index (χ1v) is 11.8. The molecule has 158 valence electrons. The van der Waals surface area contributed by atoms with Crippen molar-refractivity contribution < 1.29 is 4.79 Å². The van der Waals surface area contributed by atoms with Gasteiger partial charge in [-0.25, -0.2) is 0 Å². The molecule has 4 rings (SSSR count). The van der Waals surface area contributed by atoms with E-state index in [1.807, 2.05) is 6.07 Å². The number of thioether (sulfide) groups is 1. The molecule has 0 radical (unpaired) electrons. The van der Waals surface area contributed by atoms with Gasteiger partial charge in [0.05, 0.1) is 15.0 Å². The van der Waals surface area contributed by atoms with Crippen LogP contribution in [0.25, 0.3) is 6.08 Å². The molecule has 2 saturated heterocycles. The molecule has 2 heterocycles. The summed E-state index contributed by atoms with van der Waals surface area (Å²) in [5, 5.41) is 0.952. The van der Waals surface area contributed by atoms with E-state index in [0.717, 1.165) is 48.1 Å². The average molecular weight is 462 g/mol. The number of nitrogens with zero attached hydrogens (tertiary/aromatic N) is 3. The fourth-order valence-electron chi connectivity index (χ4n) is 3.81. The zero-order chi connectivity index (χ0) is 21.3. The second-order valence-electron chi connectivity index (χ2n) is 7.76. The van der Waals surface area contributed by atoms with Crippen LogP contribution in [-0.2, 0) is 4.79 Å². The van der Waals surface area contributed by atoms with E-state index < -0.39 is 0 Å². The van der Waals surface area contributed by atoms with Crippen molar-refractivity contribution in [3.8, 4) is 0 Å². The molecule has 2 aliphatic rings. The van der Waals surface area contributed by atoms with Crippen LogP contribution in [0.4, 0.5) is 11.4 Å². The summed E-state index contributed by atoms with van der Waals surface area (Å²) < 4.78 is 0. The Labute approximate surface area is 192 Å². The first kappa shape index (κ1) is 21.6. The second kappa shape index (κ2) is 9.23. The van der Waals surface area contributed by atoms with Gasteiger partial charge in [0, 0.05) is 49.9 Å². The number of aryl methyl sites for hydroxylation is 1. The maximum absolute atomic E-state index is 13.3. The van der Waals surface area contributed by atoms with Crippen LogP contribution in [0.1, 0.15) is 11.1 Å². The quantitative estimate of drug-likeness (QED) is 0.588. The molecule has 0 N–H and O–H groups in total. The van der Waals surface area contributed by atoms with Crippen LogP contribution in [0.15, 0.2) is 41.3 Å². The molecule has 0 aliphatic carbocycles. The van der Waals surface area contributed by atoms with Gasteiger partial charge in [0.1, 0.15) is 0 Å². The highest BCUT2D eigenvalue weighted by Gasteiger charge is 2.26. The molecule has 0 saturated carbocycles. The SMILES string of the molecule is Cc1ccc(N2CCN(C)CC2)c(/C=C2/SCCN(c3ccc(Cl)c(Cl)c3)C2=O)c1. The monoisotopic (exact) mass is 461 g/mol. The Kier molecular flexibility index (Phi) is 6.63. The zero-order valence-corrected chi connectivity index (χ0v) is 19.5. The van der Waals surface area contributed by atoms with Crippen LogP contribution in [0, 0.1) is 6.92 Å². The summed E-state index contributed by atoms with van der Waals surface area (Å²) in [6.07, 6.45) is 2.05. The summed E-state index contributed by atoms with van der Waals surface area (Å²) >= 11 is 13.8. The lowest BCUT2D eigenvalue weighted by Crippen LogP contribution is -2.44. The van der Waals surface area contributed by atoms with Crippen molar-refractivity contribution in [2.75, 3.05) is 55.3 Å². The van der Waals surface area contributed by atoms with Crippen molar-refractivity contribution in [1.29, 1.82) is 0 Å². The second-order valence-corrected chi connectivity index (χ2v) is 9.72. The van der Waals surface area contributed by atoms with Gasteiger partial charge in [-0.05, 0) is 55.9 Å². The third-order valence-corrected chi connectivity index (χ3v) is 7.29. The molecule has 2 fully saturated rings. The van der Waals surface area contributed by atoms with Crippen molar-refractivity contribution in [1.82, 2.24) is 4.90 Å². The minimum atomic E-state index is 0.00970. The molecular formula is C23H25Cl2N3OS. The average Bonchev–Trinajstić information content (AvgIpc) is 2.73. The Morgan fingerprint density at radius 1 is 0.967 bits per heavy atom. The maximum Gasteiger partial charge on any atom is 0.264 e. The third-order valence-electron chi connectivity index (χ3n) is 5.56. The number of piperazine rings is 1. The van der Waals surface area contributed by atoms with E-state index >= 15 is 0 Å². The van der Waals surface area contributed by atoms with E-state index in [1.165, 1.54) is 11.3 Å². The Balaban J connectivity index is 1.64. The van der Waals surface area contributed by atoms with E-state index in [0.29, 0.717) is 16.6 Å². The molecule has 2 aromatic rings. The number of carbonyl (C=O) groups is 1. The van der Waals surface area contributed by atoms with Gasteiger partial charge in [0.25, 0.3) is 5.91 Å². The van der Waals surface area contributed by atoms with E-state index in [4.69, 9.17) is 23.2 Å². The molecule has 0 unspecified atom stereocenters. The van der Waals surface area contributed by atoms with E-state index in [9.17, 15) is 4.79 Å². The number of halogens is 2. The van der Waals surface area contributed by atoms with E-state index in [2.05, 4.69) is 48.0 Å². The minimum Gasteiger partial charge on any atom is -0.368 e. The Hall–Kier alpha value is -1.66. The molecule has 2 aliphatic heterocycles. The van der Waals surface area contributed by atoms with E-state index in [1.54, 1.807) is 28.8 Å². The van der Waals surface area contributed by atoms with Gasteiger partial charge in [-0.3, -0.25) is 4.79 Å². The molecule has 1 amide bonds. The summed E-state index contributed by atoms with van der Waals surface area (Å²) in [4.78, 5) is 20.6. The summed E-state index contributed by atoms with van der Waals surface area (Å²) in [7, 11) is 2.16. The fourth-order valence-corrected chi connectivity index (χ4v) is 5.04. The summed E-state index contributed by atoms with van der Waals surface area (Å²) in [6, 6.07) is 11.9. The summed E-state index contributed by atoms with van der Waals surface area (Å²) in [5.74, 6) is 0.850. The molecular weight excluding hydrogens is 437 g/mol. The predicted octanol–water partition coefficient (Wildman–Crippen LogP) is 5.17. The Bertz CT molecular complexity index is 986. The van der Waals surface area contributed by atoms with Crippen molar-refractivity contribution in [3.63, 3.8) is 0 Å². The van der Waals surface area contributed by atoms with E-state index in [-0.39, 0.29) is 5.91 Å². The number of amides is 1. The third kappa shape index (κ3) is 4.65. The van der Waals surface area contributed by atoms with Gasteiger partial charge in [0.15, 0.2) is 0 Å². The number of benzene rings is 2. The van der Waals surface area contributed by atoms with Crippen molar-refractivity contribution in [3.05, 3.63) is 62.5 Å². The van der Waals surface area contributed by atoms with Crippen molar-refractivity contribution in [2.24, 2.45) is 0 Å². The molecule has 0 bridgehead atoms. The van der Waals surface area contributed by atoms with Crippen LogP contribution in [0.2, 0.25) is 10.0 Å². The van der Waals surface area contributed by atoms with Crippen molar-refractivity contribution >= 4 is 58.3 Å². The number of hydrogen-bond acceptors (Lipinski definition) is 4. The highest BCUT2D eigenvalue weighted by molar-refractivity contribution is 8.04. The minimum absolute atomic E-state index is 0.00970. The van der Waals surface area contributed by atoms with Gasteiger partial charge >= 0.3 is 0 Å². The first-order chi connectivity index (χ1) is 14.4. The number of likely N-dealkylation sites (N-methyl/N-ethyl adjacent to an activating group) is 1. The van der Waals surface area contributed by atoms with Crippen LogP contribution < -0.4 is 9.80 Å². The standard InChI is InChI=1S/C23H25Cl2N3OS/c1-16-3-6-21(27-9-7-26(2)8-10-27)17(13-16)14-22-23(29)28(11-12-30-22)18-4-5-19(24)20(25)15-18/h3-6,13-15H,7-12H2,1-2H3/b22-14+.